The summed E-state index contributed by atoms with van der Waals surface area (Å²) in [5, 5.41) is 7.57. The standard InChI is InChI=1S/C11H9Cl2N3O3/c12-5-1-2-6(7(13)3-5)9(17)14-4-8-10(18)16-11(19)15-8/h1-3,8H,4H2,(H,14,17)(H2,15,16,18,19). The zero-order chi connectivity index (χ0) is 14.0. The second-order valence-corrected chi connectivity index (χ2v) is 4.69. The first-order valence-corrected chi connectivity index (χ1v) is 6.07. The summed E-state index contributed by atoms with van der Waals surface area (Å²) in [6, 6.07) is 3.11. The predicted octanol–water partition coefficient (Wildman–Crippen LogP) is 0.931. The largest absolute Gasteiger partial charge is 0.349 e. The molecule has 3 N–H and O–H groups in total. The van der Waals surface area contributed by atoms with Crippen LogP contribution in [0.15, 0.2) is 18.2 Å². The van der Waals surface area contributed by atoms with Gasteiger partial charge in [0.05, 0.1) is 10.6 Å². The molecule has 0 aromatic heterocycles. The van der Waals surface area contributed by atoms with Crippen molar-refractivity contribution in [1.82, 2.24) is 16.0 Å². The Kier molecular flexibility index (Phi) is 3.92. The van der Waals surface area contributed by atoms with E-state index in [1.807, 2.05) is 0 Å². The van der Waals surface area contributed by atoms with E-state index in [1.165, 1.54) is 18.2 Å². The number of benzene rings is 1. The molecule has 6 nitrogen and oxygen atoms in total. The van der Waals surface area contributed by atoms with Crippen LogP contribution in [-0.2, 0) is 4.79 Å². The van der Waals surface area contributed by atoms with Crippen molar-refractivity contribution in [2.45, 2.75) is 6.04 Å². The van der Waals surface area contributed by atoms with Crippen molar-refractivity contribution in [3.05, 3.63) is 33.8 Å². The number of rotatable bonds is 3. The van der Waals surface area contributed by atoms with Gasteiger partial charge in [-0.15, -0.1) is 0 Å². The van der Waals surface area contributed by atoms with E-state index in [1.54, 1.807) is 0 Å². The summed E-state index contributed by atoms with van der Waals surface area (Å²) in [7, 11) is 0. The van der Waals surface area contributed by atoms with Crippen LogP contribution in [0.25, 0.3) is 0 Å². The fourth-order valence-electron chi connectivity index (χ4n) is 1.57. The number of nitrogens with one attached hydrogen (secondary N) is 3. The molecule has 1 unspecified atom stereocenters. The molecule has 0 radical (unpaired) electrons. The second kappa shape index (κ2) is 5.46. The van der Waals surface area contributed by atoms with Gasteiger partial charge in [0.1, 0.15) is 6.04 Å². The van der Waals surface area contributed by atoms with Crippen LogP contribution < -0.4 is 16.0 Å². The normalized spacial score (nSPS) is 17.9. The minimum absolute atomic E-state index is 0.0185. The van der Waals surface area contributed by atoms with E-state index in [-0.39, 0.29) is 17.1 Å². The third-order valence-electron chi connectivity index (χ3n) is 2.50. The highest BCUT2D eigenvalue weighted by Gasteiger charge is 2.29. The maximum absolute atomic E-state index is 11.8. The number of amides is 4. The summed E-state index contributed by atoms with van der Waals surface area (Å²) in [4.78, 5) is 34.0. The van der Waals surface area contributed by atoms with Crippen LogP contribution in [0.2, 0.25) is 10.0 Å². The molecule has 1 saturated heterocycles. The first-order valence-electron chi connectivity index (χ1n) is 5.32. The van der Waals surface area contributed by atoms with Crippen molar-refractivity contribution in [2.24, 2.45) is 0 Å². The lowest BCUT2D eigenvalue weighted by Crippen LogP contribution is -2.41. The zero-order valence-corrected chi connectivity index (χ0v) is 11.0. The summed E-state index contributed by atoms with van der Waals surface area (Å²) < 4.78 is 0. The number of hydrogen-bond donors (Lipinski definition) is 3. The second-order valence-electron chi connectivity index (χ2n) is 3.85. The molecule has 1 aromatic rings. The van der Waals surface area contributed by atoms with Crippen molar-refractivity contribution >= 4 is 41.0 Å². The van der Waals surface area contributed by atoms with Gasteiger partial charge in [-0.3, -0.25) is 14.9 Å². The molecule has 4 amide bonds. The molecule has 100 valence electrons. The Hall–Kier alpha value is -1.79. The smallest absolute Gasteiger partial charge is 0.322 e. The van der Waals surface area contributed by atoms with Crippen LogP contribution in [-0.4, -0.2) is 30.4 Å². The third kappa shape index (κ3) is 3.15. The van der Waals surface area contributed by atoms with Gasteiger partial charge in [0.25, 0.3) is 11.8 Å². The van der Waals surface area contributed by atoms with Crippen molar-refractivity contribution in [3.8, 4) is 0 Å². The highest BCUT2D eigenvalue weighted by molar-refractivity contribution is 6.36. The Morgan fingerprint density at radius 2 is 2.05 bits per heavy atom. The molecule has 1 aromatic carbocycles. The van der Waals surface area contributed by atoms with E-state index >= 15 is 0 Å². The molecule has 1 atom stereocenters. The molecule has 1 heterocycles. The number of carbonyl (C=O) groups excluding carboxylic acids is 3. The lowest BCUT2D eigenvalue weighted by atomic mass is 10.2. The van der Waals surface area contributed by atoms with E-state index in [2.05, 4.69) is 16.0 Å². The Labute approximate surface area is 118 Å². The zero-order valence-electron chi connectivity index (χ0n) is 9.50. The topological polar surface area (TPSA) is 87.3 Å². The fraction of sp³-hybridized carbons (Fsp3) is 0.182. The van der Waals surface area contributed by atoms with E-state index in [9.17, 15) is 14.4 Å². The number of carbonyl (C=O) groups is 3. The summed E-state index contributed by atoms with van der Waals surface area (Å²) in [5.74, 6) is -0.928. The molecule has 1 aliphatic heterocycles. The van der Waals surface area contributed by atoms with E-state index in [0.717, 1.165) is 0 Å². The first-order chi connectivity index (χ1) is 8.97. The van der Waals surface area contributed by atoms with E-state index < -0.39 is 23.9 Å². The van der Waals surface area contributed by atoms with Crippen LogP contribution >= 0.6 is 23.2 Å². The Morgan fingerprint density at radius 1 is 1.32 bits per heavy atom. The van der Waals surface area contributed by atoms with Gasteiger partial charge in [-0.2, -0.15) is 0 Å². The van der Waals surface area contributed by atoms with Gasteiger partial charge in [0, 0.05) is 11.6 Å². The number of halogens is 2. The SMILES string of the molecule is O=C1NC(=O)C(CNC(=O)c2ccc(Cl)cc2Cl)N1. The highest BCUT2D eigenvalue weighted by Crippen LogP contribution is 2.20. The average Bonchev–Trinajstić information content (AvgIpc) is 2.65. The molecule has 0 spiro atoms. The molecule has 0 saturated carbocycles. The summed E-state index contributed by atoms with van der Waals surface area (Å²) >= 11 is 11.6. The molecule has 1 aliphatic rings. The lowest BCUT2D eigenvalue weighted by molar-refractivity contribution is -0.120. The summed E-state index contributed by atoms with van der Waals surface area (Å²) in [6.45, 7) is -0.0185. The maximum atomic E-state index is 11.8. The van der Waals surface area contributed by atoms with Crippen molar-refractivity contribution in [2.75, 3.05) is 6.54 Å². The Bertz CT molecular complexity index is 562. The number of imide groups is 1. The summed E-state index contributed by atoms with van der Waals surface area (Å²) in [6.07, 6.45) is 0. The molecule has 2 rings (SSSR count). The number of hydrogen-bond acceptors (Lipinski definition) is 3. The van der Waals surface area contributed by atoms with Crippen LogP contribution in [0.3, 0.4) is 0 Å². The molecule has 19 heavy (non-hydrogen) atoms. The molecular weight excluding hydrogens is 293 g/mol. The van der Waals surface area contributed by atoms with Gasteiger partial charge in [-0.25, -0.2) is 4.79 Å². The van der Waals surface area contributed by atoms with Crippen LogP contribution in [0.4, 0.5) is 4.79 Å². The lowest BCUT2D eigenvalue weighted by Gasteiger charge is -2.10. The van der Waals surface area contributed by atoms with Gasteiger partial charge >= 0.3 is 6.03 Å². The highest BCUT2D eigenvalue weighted by atomic mass is 35.5. The molecule has 0 aliphatic carbocycles. The van der Waals surface area contributed by atoms with Gasteiger partial charge in [-0.05, 0) is 18.2 Å². The molecule has 8 heteroatoms. The van der Waals surface area contributed by atoms with Gasteiger partial charge in [-0.1, -0.05) is 23.2 Å². The Morgan fingerprint density at radius 3 is 2.63 bits per heavy atom. The van der Waals surface area contributed by atoms with Gasteiger partial charge in [0.2, 0.25) is 0 Å². The maximum Gasteiger partial charge on any atom is 0.322 e. The van der Waals surface area contributed by atoms with Crippen molar-refractivity contribution in [3.63, 3.8) is 0 Å². The molecular formula is C11H9Cl2N3O3. The average molecular weight is 302 g/mol. The summed E-state index contributed by atoms with van der Waals surface area (Å²) in [5.41, 5.74) is 0.246. The molecule has 0 bridgehead atoms. The third-order valence-corrected chi connectivity index (χ3v) is 3.05. The Balaban J connectivity index is 1.98. The van der Waals surface area contributed by atoms with Crippen LogP contribution in [0.1, 0.15) is 10.4 Å². The van der Waals surface area contributed by atoms with Crippen LogP contribution in [0, 0.1) is 0 Å². The minimum Gasteiger partial charge on any atom is -0.349 e. The van der Waals surface area contributed by atoms with E-state index in [0.29, 0.717) is 5.02 Å². The monoisotopic (exact) mass is 301 g/mol. The minimum atomic E-state index is -0.775. The number of urea groups is 1. The van der Waals surface area contributed by atoms with Gasteiger partial charge in [0.15, 0.2) is 0 Å². The van der Waals surface area contributed by atoms with Crippen molar-refractivity contribution in [1.29, 1.82) is 0 Å². The van der Waals surface area contributed by atoms with E-state index in [4.69, 9.17) is 23.2 Å². The van der Waals surface area contributed by atoms with Gasteiger partial charge < -0.3 is 10.6 Å². The molecule has 1 fully saturated rings. The van der Waals surface area contributed by atoms with Crippen LogP contribution in [0.5, 0.6) is 0 Å². The predicted molar refractivity (Wildman–Crippen MR) is 69.3 cm³/mol. The fourth-order valence-corrected chi connectivity index (χ4v) is 2.06. The first kappa shape index (κ1) is 13.6. The van der Waals surface area contributed by atoms with Crippen molar-refractivity contribution < 1.29 is 14.4 Å². The quantitative estimate of drug-likeness (QED) is 0.726.